The number of hydrogen-bond acceptors (Lipinski definition) is 5. The molecule has 0 aliphatic carbocycles. The zero-order valence-corrected chi connectivity index (χ0v) is 24.2. The predicted molar refractivity (Wildman–Crippen MR) is 149 cm³/mol. The molecular weight excluding hydrogens is 539 g/mol. The Morgan fingerprint density at radius 1 is 1.08 bits per heavy atom. The summed E-state index contributed by atoms with van der Waals surface area (Å²) in [5.74, 6) is 0.985. The molecule has 194 valence electrons. The van der Waals surface area contributed by atoms with Crippen LogP contribution in [0.4, 0.5) is 0 Å². The normalized spacial score (nSPS) is 19.3. The molecule has 0 spiro atoms. The molecule has 1 saturated heterocycles. The summed E-state index contributed by atoms with van der Waals surface area (Å²) in [5, 5.41) is 9.97. The molecule has 0 amide bonds. The van der Waals surface area contributed by atoms with Gasteiger partial charge in [-0.05, 0) is 90.4 Å². The van der Waals surface area contributed by atoms with Gasteiger partial charge in [0.2, 0.25) is 0 Å². The van der Waals surface area contributed by atoms with E-state index in [2.05, 4.69) is 35.8 Å². The average molecular weight is 575 g/mol. The molecule has 4 rings (SSSR count). The van der Waals surface area contributed by atoms with Crippen LogP contribution >= 0.6 is 23.5 Å². The molecule has 1 heterocycles. The molecule has 5 nitrogen and oxygen atoms in total. The van der Waals surface area contributed by atoms with E-state index in [1.165, 1.54) is 5.56 Å². The SMILES string of the molecule is CC.CCc1cc(Cc2c(C)cc(OC[P@]3(=O)OCCC(c4cccc(Br)c4)O3)cc2C)ccc1O. The van der Waals surface area contributed by atoms with Gasteiger partial charge in [0.25, 0.3) is 0 Å². The first-order chi connectivity index (χ1) is 17.3. The Bertz CT molecular complexity index is 1200. The third-order valence-corrected chi connectivity index (χ3v) is 8.23. The van der Waals surface area contributed by atoms with Crippen LogP contribution in [0.3, 0.4) is 0 Å². The van der Waals surface area contributed by atoms with Gasteiger partial charge in [0.1, 0.15) is 11.5 Å². The summed E-state index contributed by atoms with van der Waals surface area (Å²) >= 11 is 3.48. The molecule has 1 unspecified atom stereocenters. The first-order valence-corrected chi connectivity index (χ1v) is 15.0. The van der Waals surface area contributed by atoms with E-state index in [0.29, 0.717) is 24.5 Å². The summed E-state index contributed by atoms with van der Waals surface area (Å²) in [6.07, 6.45) is 1.78. The van der Waals surface area contributed by atoms with Crippen LogP contribution in [-0.2, 0) is 26.5 Å². The van der Waals surface area contributed by atoms with Gasteiger partial charge in [-0.3, -0.25) is 9.09 Å². The molecule has 3 aromatic carbocycles. The zero-order chi connectivity index (χ0) is 26.3. The summed E-state index contributed by atoms with van der Waals surface area (Å²) in [7, 11) is -3.39. The summed E-state index contributed by atoms with van der Waals surface area (Å²) in [5.41, 5.74) is 6.47. The Hall–Kier alpha value is -2.11. The van der Waals surface area contributed by atoms with Crippen molar-refractivity contribution in [3.8, 4) is 11.5 Å². The van der Waals surface area contributed by atoms with E-state index >= 15 is 0 Å². The molecule has 7 heteroatoms. The Labute approximate surface area is 223 Å². The molecule has 36 heavy (non-hydrogen) atoms. The summed E-state index contributed by atoms with van der Waals surface area (Å²) in [6.45, 7) is 10.5. The Morgan fingerprint density at radius 3 is 2.47 bits per heavy atom. The maximum atomic E-state index is 13.2. The molecule has 1 aliphatic heterocycles. The first kappa shape index (κ1) is 28.5. The lowest BCUT2D eigenvalue weighted by atomic mass is 9.94. The lowest BCUT2D eigenvalue weighted by Gasteiger charge is -2.30. The maximum Gasteiger partial charge on any atom is 0.368 e. The number of phenolic OH excluding ortho intramolecular Hbond substituents is 1. The Kier molecular flexibility index (Phi) is 10.2. The van der Waals surface area contributed by atoms with E-state index < -0.39 is 7.60 Å². The standard InChI is InChI=1S/C27H30BrO5P.C2H6/c1-4-21-14-20(8-9-26(21)29)15-25-18(2)12-24(13-19(25)3)31-17-34(30)32-11-10-27(33-34)22-6-5-7-23(28)16-22;1-2/h5-9,12-14,16,27,29H,4,10-11,15,17H2,1-3H3;1-2H3/t27?,34-;/m0./s1. The van der Waals surface area contributed by atoms with Crippen LogP contribution in [0.5, 0.6) is 11.5 Å². The van der Waals surface area contributed by atoms with E-state index in [1.54, 1.807) is 6.07 Å². The van der Waals surface area contributed by atoms with Gasteiger partial charge in [-0.2, -0.15) is 0 Å². The first-order valence-electron chi connectivity index (χ1n) is 12.5. The summed E-state index contributed by atoms with van der Waals surface area (Å²) in [4.78, 5) is 0. The van der Waals surface area contributed by atoms with E-state index in [9.17, 15) is 9.67 Å². The van der Waals surface area contributed by atoms with Gasteiger partial charge >= 0.3 is 7.60 Å². The highest BCUT2D eigenvalue weighted by molar-refractivity contribution is 9.10. The van der Waals surface area contributed by atoms with Crippen LogP contribution in [0.15, 0.2) is 59.1 Å². The maximum absolute atomic E-state index is 13.2. The number of hydrogen-bond donors (Lipinski definition) is 1. The Balaban J connectivity index is 0.00000176. The van der Waals surface area contributed by atoms with Crippen molar-refractivity contribution < 1.29 is 23.5 Å². The molecule has 1 fully saturated rings. The molecule has 1 aliphatic rings. The van der Waals surface area contributed by atoms with Crippen LogP contribution in [0, 0.1) is 13.8 Å². The van der Waals surface area contributed by atoms with Gasteiger partial charge in [0.15, 0.2) is 6.35 Å². The fourth-order valence-corrected chi connectivity index (χ4v) is 6.20. The average Bonchev–Trinajstić information content (AvgIpc) is 2.87. The molecule has 1 N–H and O–H groups in total. The molecule has 3 aromatic rings. The number of aryl methyl sites for hydroxylation is 3. The smallest absolute Gasteiger partial charge is 0.368 e. The third-order valence-electron chi connectivity index (χ3n) is 6.14. The molecule has 0 radical (unpaired) electrons. The lowest BCUT2D eigenvalue weighted by molar-refractivity contribution is 0.0725. The number of aromatic hydroxyl groups is 1. The molecule has 0 saturated carbocycles. The van der Waals surface area contributed by atoms with E-state index in [-0.39, 0.29) is 12.5 Å². The number of halogens is 1. The van der Waals surface area contributed by atoms with Crippen LogP contribution < -0.4 is 4.74 Å². The van der Waals surface area contributed by atoms with Gasteiger partial charge in [0.05, 0.1) is 12.7 Å². The van der Waals surface area contributed by atoms with Gasteiger partial charge in [-0.15, -0.1) is 0 Å². The largest absolute Gasteiger partial charge is 0.508 e. The summed E-state index contributed by atoms with van der Waals surface area (Å²) < 4.78 is 31.6. The minimum atomic E-state index is -3.39. The van der Waals surface area contributed by atoms with Gasteiger partial charge in [-0.25, -0.2) is 0 Å². The van der Waals surface area contributed by atoms with Crippen molar-refractivity contribution in [3.63, 3.8) is 0 Å². The zero-order valence-electron chi connectivity index (χ0n) is 21.7. The van der Waals surface area contributed by atoms with Crippen LogP contribution in [0.25, 0.3) is 0 Å². The third kappa shape index (κ3) is 7.23. The quantitative estimate of drug-likeness (QED) is 0.286. The highest BCUT2D eigenvalue weighted by atomic mass is 79.9. The van der Waals surface area contributed by atoms with Crippen molar-refractivity contribution in [1.82, 2.24) is 0 Å². The highest BCUT2D eigenvalue weighted by Gasteiger charge is 2.35. The molecular formula is C29H36BrO5P. The minimum absolute atomic E-state index is 0.131. The Morgan fingerprint density at radius 2 is 1.81 bits per heavy atom. The molecule has 2 atom stereocenters. The van der Waals surface area contributed by atoms with E-state index in [1.807, 2.05) is 63.2 Å². The van der Waals surface area contributed by atoms with Crippen LogP contribution in [0.2, 0.25) is 0 Å². The van der Waals surface area contributed by atoms with Crippen LogP contribution in [0.1, 0.15) is 66.7 Å². The van der Waals surface area contributed by atoms with Gasteiger partial charge in [0, 0.05) is 10.9 Å². The van der Waals surface area contributed by atoms with Gasteiger partial charge < -0.3 is 14.4 Å². The van der Waals surface area contributed by atoms with Crippen LogP contribution in [-0.4, -0.2) is 18.1 Å². The monoisotopic (exact) mass is 574 g/mol. The van der Waals surface area contributed by atoms with Crippen molar-refractivity contribution in [2.75, 3.05) is 13.0 Å². The molecule has 0 bridgehead atoms. The summed E-state index contributed by atoms with van der Waals surface area (Å²) in [6, 6.07) is 17.5. The topological polar surface area (TPSA) is 65.0 Å². The number of phenols is 1. The van der Waals surface area contributed by atoms with Crippen molar-refractivity contribution in [2.24, 2.45) is 0 Å². The highest BCUT2D eigenvalue weighted by Crippen LogP contribution is 2.56. The number of benzene rings is 3. The fourth-order valence-electron chi connectivity index (χ4n) is 4.28. The predicted octanol–water partition coefficient (Wildman–Crippen LogP) is 8.66. The van der Waals surface area contributed by atoms with E-state index in [0.717, 1.165) is 45.1 Å². The number of ether oxygens (including phenoxy) is 1. The second-order valence-electron chi connectivity index (χ2n) is 8.68. The number of rotatable bonds is 7. The van der Waals surface area contributed by atoms with Crippen molar-refractivity contribution in [2.45, 2.75) is 60.0 Å². The molecule has 0 aromatic heterocycles. The lowest BCUT2D eigenvalue weighted by Crippen LogP contribution is -2.17. The van der Waals surface area contributed by atoms with Crippen molar-refractivity contribution >= 4 is 23.5 Å². The fraction of sp³-hybridized carbons (Fsp3) is 0.379. The van der Waals surface area contributed by atoms with E-state index in [4.69, 9.17) is 13.8 Å². The van der Waals surface area contributed by atoms with Gasteiger partial charge in [-0.1, -0.05) is 61.0 Å². The minimum Gasteiger partial charge on any atom is -0.508 e. The second kappa shape index (κ2) is 12.9. The second-order valence-corrected chi connectivity index (χ2v) is 11.5. The van der Waals surface area contributed by atoms with Crippen molar-refractivity contribution in [1.29, 1.82) is 0 Å². The van der Waals surface area contributed by atoms with Crippen molar-refractivity contribution in [3.05, 3.63) is 92.5 Å².